The van der Waals surface area contributed by atoms with Crippen molar-refractivity contribution in [1.29, 1.82) is 0 Å². The van der Waals surface area contributed by atoms with Gasteiger partial charge in [0.15, 0.2) is 0 Å². The summed E-state index contributed by atoms with van der Waals surface area (Å²) in [5.74, 6) is 0.219. The van der Waals surface area contributed by atoms with Crippen LogP contribution in [0.3, 0.4) is 0 Å². The van der Waals surface area contributed by atoms with E-state index in [0.717, 1.165) is 38.9 Å². The lowest BCUT2D eigenvalue weighted by Gasteiger charge is -2.22. The van der Waals surface area contributed by atoms with Crippen LogP contribution in [-0.2, 0) is 4.79 Å². The van der Waals surface area contributed by atoms with Crippen LogP contribution in [0.1, 0.15) is 26.2 Å². The highest BCUT2D eigenvalue weighted by atomic mass is 16.3. The number of amides is 1. The summed E-state index contributed by atoms with van der Waals surface area (Å²) in [4.78, 5) is 13.8. The zero-order chi connectivity index (χ0) is 10.9. The van der Waals surface area contributed by atoms with Crippen LogP contribution in [0.2, 0.25) is 0 Å². The molecule has 0 aromatic heterocycles. The van der Waals surface area contributed by atoms with Crippen molar-refractivity contribution in [2.24, 2.45) is 5.41 Å². The van der Waals surface area contributed by atoms with Gasteiger partial charge in [-0.2, -0.15) is 0 Å². The fraction of sp³-hybridized carbons (Fsp3) is 0.909. The average molecular weight is 212 g/mol. The lowest BCUT2D eigenvalue weighted by molar-refractivity contribution is -0.130. The number of carbonyl (C=O) groups is 1. The summed E-state index contributed by atoms with van der Waals surface area (Å²) in [6, 6.07) is 0.0180. The molecule has 2 N–H and O–H groups in total. The van der Waals surface area contributed by atoms with Gasteiger partial charge in [-0.15, -0.1) is 0 Å². The molecule has 1 aliphatic carbocycles. The van der Waals surface area contributed by atoms with E-state index in [1.165, 1.54) is 0 Å². The number of hydrogen-bond donors (Lipinski definition) is 2. The monoisotopic (exact) mass is 212 g/mol. The van der Waals surface area contributed by atoms with Gasteiger partial charge in [0.25, 0.3) is 0 Å². The van der Waals surface area contributed by atoms with Crippen LogP contribution in [0.15, 0.2) is 0 Å². The minimum absolute atomic E-state index is 0.0180. The van der Waals surface area contributed by atoms with Gasteiger partial charge in [-0.05, 0) is 25.8 Å². The van der Waals surface area contributed by atoms with Crippen LogP contribution >= 0.6 is 0 Å². The van der Waals surface area contributed by atoms with Crippen LogP contribution in [0.4, 0.5) is 0 Å². The second-order valence-corrected chi connectivity index (χ2v) is 4.82. The van der Waals surface area contributed by atoms with Crippen molar-refractivity contribution in [1.82, 2.24) is 10.2 Å². The van der Waals surface area contributed by atoms with Crippen molar-refractivity contribution >= 4 is 5.91 Å². The van der Waals surface area contributed by atoms with E-state index in [-0.39, 0.29) is 24.0 Å². The maximum absolute atomic E-state index is 11.9. The minimum Gasteiger partial charge on any atom is -0.396 e. The van der Waals surface area contributed by atoms with E-state index >= 15 is 0 Å². The standard InChI is InChI=1S/C11H20N2O2/c1-2-12-9-3-6-13(10(9)15)7-11(8-14)4-5-11/h9,12,14H,2-8H2,1H3. The molecule has 0 spiro atoms. The Morgan fingerprint density at radius 1 is 1.60 bits per heavy atom. The van der Waals surface area contributed by atoms with Crippen molar-refractivity contribution < 1.29 is 9.90 Å². The molecule has 1 heterocycles. The van der Waals surface area contributed by atoms with Gasteiger partial charge in [0.1, 0.15) is 0 Å². The fourth-order valence-corrected chi connectivity index (χ4v) is 2.28. The Hall–Kier alpha value is -0.610. The Morgan fingerprint density at radius 2 is 2.33 bits per heavy atom. The number of likely N-dealkylation sites (tertiary alicyclic amines) is 1. The van der Waals surface area contributed by atoms with Crippen molar-refractivity contribution in [3.63, 3.8) is 0 Å². The maximum atomic E-state index is 11.9. The van der Waals surface area contributed by atoms with Gasteiger partial charge in [0, 0.05) is 18.5 Å². The third-order valence-corrected chi connectivity index (χ3v) is 3.57. The third kappa shape index (κ3) is 2.16. The second kappa shape index (κ2) is 4.10. The first kappa shape index (κ1) is 10.9. The Labute approximate surface area is 90.6 Å². The highest BCUT2D eigenvalue weighted by Crippen LogP contribution is 2.46. The van der Waals surface area contributed by atoms with E-state index in [1.54, 1.807) is 0 Å². The molecule has 0 bridgehead atoms. The van der Waals surface area contributed by atoms with E-state index in [4.69, 9.17) is 0 Å². The Morgan fingerprint density at radius 3 is 2.87 bits per heavy atom. The average Bonchev–Trinajstić information content (AvgIpc) is 2.94. The Balaban J connectivity index is 1.87. The van der Waals surface area contributed by atoms with Gasteiger partial charge < -0.3 is 15.3 Å². The van der Waals surface area contributed by atoms with Crippen molar-refractivity contribution in [2.75, 3.05) is 26.2 Å². The summed E-state index contributed by atoms with van der Waals surface area (Å²) in [5, 5.41) is 12.4. The van der Waals surface area contributed by atoms with E-state index in [1.807, 2.05) is 11.8 Å². The topological polar surface area (TPSA) is 52.6 Å². The summed E-state index contributed by atoms with van der Waals surface area (Å²) in [6.07, 6.45) is 3.05. The lowest BCUT2D eigenvalue weighted by Crippen LogP contribution is -2.40. The molecule has 0 aromatic carbocycles. The number of nitrogens with zero attached hydrogens (tertiary/aromatic N) is 1. The number of nitrogens with one attached hydrogen (secondary N) is 1. The van der Waals surface area contributed by atoms with Crippen LogP contribution in [-0.4, -0.2) is 48.2 Å². The molecule has 15 heavy (non-hydrogen) atoms. The predicted molar refractivity (Wildman–Crippen MR) is 57.4 cm³/mol. The normalized spacial score (nSPS) is 28.5. The molecule has 4 nitrogen and oxygen atoms in total. The quantitative estimate of drug-likeness (QED) is 0.673. The molecule has 2 fully saturated rings. The molecule has 1 amide bonds. The first-order chi connectivity index (χ1) is 7.21. The molecule has 2 aliphatic rings. The molecule has 2 rings (SSSR count). The number of aliphatic hydroxyl groups is 1. The van der Waals surface area contributed by atoms with Crippen molar-refractivity contribution in [3.8, 4) is 0 Å². The number of rotatable bonds is 5. The van der Waals surface area contributed by atoms with Crippen LogP contribution in [0.25, 0.3) is 0 Å². The third-order valence-electron chi connectivity index (χ3n) is 3.57. The molecule has 1 atom stereocenters. The molecule has 1 saturated carbocycles. The first-order valence-electron chi connectivity index (χ1n) is 5.84. The van der Waals surface area contributed by atoms with Crippen LogP contribution in [0.5, 0.6) is 0 Å². The largest absolute Gasteiger partial charge is 0.396 e. The lowest BCUT2D eigenvalue weighted by atomic mass is 10.1. The van der Waals surface area contributed by atoms with Crippen LogP contribution < -0.4 is 5.32 Å². The van der Waals surface area contributed by atoms with Gasteiger partial charge in [0.2, 0.25) is 5.91 Å². The highest BCUT2D eigenvalue weighted by Gasteiger charge is 2.46. The molecule has 1 saturated heterocycles. The smallest absolute Gasteiger partial charge is 0.239 e. The molecule has 1 aliphatic heterocycles. The number of carbonyl (C=O) groups excluding carboxylic acids is 1. The number of aliphatic hydroxyl groups excluding tert-OH is 1. The second-order valence-electron chi connectivity index (χ2n) is 4.82. The fourth-order valence-electron chi connectivity index (χ4n) is 2.28. The molecule has 86 valence electrons. The van der Waals surface area contributed by atoms with Gasteiger partial charge in [-0.3, -0.25) is 4.79 Å². The van der Waals surface area contributed by atoms with Gasteiger partial charge in [-0.1, -0.05) is 6.92 Å². The zero-order valence-electron chi connectivity index (χ0n) is 9.33. The molecule has 0 aromatic rings. The predicted octanol–water partition coefficient (Wildman–Crippen LogP) is -0.0307. The Bertz CT molecular complexity index is 251. The van der Waals surface area contributed by atoms with Crippen molar-refractivity contribution in [3.05, 3.63) is 0 Å². The van der Waals surface area contributed by atoms with E-state index in [9.17, 15) is 9.90 Å². The molecular formula is C11H20N2O2. The molecular weight excluding hydrogens is 192 g/mol. The number of hydrogen-bond acceptors (Lipinski definition) is 3. The van der Waals surface area contributed by atoms with Crippen molar-refractivity contribution in [2.45, 2.75) is 32.2 Å². The van der Waals surface area contributed by atoms with Crippen LogP contribution in [0, 0.1) is 5.41 Å². The van der Waals surface area contributed by atoms with Gasteiger partial charge >= 0.3 is 0 Å². The zero-order valence-corrected chi connectivity index (χ0v) is 9.33. The Kier molecular flexibility index (Phi) is 2.98. The summed E-state index contributed by atoms with van der Waals surface area (Å²) in [5.41, 5.74) is 0.0523. The van der Waals surface area contributed by atoms with E-state index in [0.29, 0.717) is 0 Å². The first-order valence-corrected chi connectivity index (χ1v) is 5.84. The SMILES string of the molecule is CCNC1CCN(CC2(CO)CC2)C1=O. The molecule has 0 radical (unpaired) electrons. The minimum atomic E-state index is 0.0180. The molecule has 1 unspecified atom stereocenters. The van der Waals surface area contributed by atoms with Gasteiger partial charge in [0.05, 0.1) is 12.6 Å². The maximum Gasteiger partial charge on any atom is 0.239 e. The summed E-state index contributed by atoms with van der Waals surface area (Å²) in [6.45, 7) is 4.69. The van der Waals surface area contributed by atoms with E-state index in [2.05, 4.69) is 5.32 Å². The van der Waals surface area contributed by atoms with E-state index < -0.39 is 0 Å². The number of likely N-dealkylation sites (N-methyl/N-ethyl adjacent to an activating group) is 1. The summed E-state index contributed by atoms with van der Waals surface area (Å²) in [7, 11) is 0. The van der Waals surface area contributed by atoms with Gasteiger partial charge in [-0.25, -0.2) is 0 Å². The highest BCUT2D eigenvalue weighted by molar-refractivity contribution is 5.84. The summed E-state index contributed by atoms with van der Waals surface area (Å²) < 4.78 is 0. The molecule has 4 heteroatoms. The summed E-state index contributed by atoms with van der Waals surface area (Å²) >= 11 is 0.